The van der Waals surface area contributed by atoms with Crippen molar-refractivity contribution >= 4 is 5.52 Å². The fourth-order valence-electron chi connectivity index (χ4n) is 2.75. The molecule has 5 nitrogen and oxygen atoms in total. The maximum atomic E-state index is 4.51. The first kappa shape index (κ1) is 13.8. The van der Waals surface area contributed by atoms with Crippen LogP contribution >= 0.6 is 0 Å². The van der Waals surface area contributed by atoms with Gasteiger partial charge in [-0.1, -0.05) is 13.0 Å². The molecule has 0 aliphatic heterocycles. The first-order valence-corrected chi connectivity index (χ1v) is 7.43. The number of hydrogen-bond acceptors (Lipinski definition) is 3. The third-order valence-electron chi connectivity index (χ3n) is 3.83. The van der Waals surface area contributed by atoms with Gasteiger partial charge in [-0.15, -0.1) is 0 Å². The van der Waals surface area contributed by atoms with Crippen LogP contribution in [0.15, 0.2) is 43.0 Å². The van der Waals surface area contributed by atoms with E-state index in [-0.39, 0.29) is 6.04 Å². The maximum absolute atomic E-state index is 4.51. The second-order valence-corrected chi connectivity index (χ2v) is 5.21. The highest BCUT2D eigenvalue weighted by Crippen LogP contribution is 2.22. The fraction of sp³-hybridized carbons (Fsp3) is 0.375. The maximum Gasteiger partial charge on any atom is 0.110 e. The van der Waals surface area contributed by atoms with E-state index in [9.17, 15) is 0 Å². The number of hydrogen-bond donors (Lipinski definition) is 1. The van der Waals surface area contributed by atoms with Gasteiger partial charge in [0.05, 0.1) is 11.7 Å². The smallest absolute Gasteiger partial charge is 0.110 e. The van der Waals surface area contributed by atoms with Gasteiger partial charge in [0, 0.05) is 43.2 Å². The van der Waals surface area contributed by atoms with E-state index >= 15 is 0 Å². The standard InChI is InChI=1S/C16H21N5/c1-3-8-20-10-7-18-16(20)11-14(17-2)13-12-19-21-9-5-4-6-15(13)21/h4-7,9-10,12,14,17H,3,8,11H2,1-2H3. The van der Waals surface area contributed by atoms with Crippen molar-refractivity contribution in [1.29, 1.82) is 0 Å². The molecule has 1 unspecified atom stereocenters. The Morgan fingerprint density at radius 2 is 2.19 bits per heavy atom. The first-order valence-electron chi connectivity index (χ1n) is 7.43. The second kappa shape index (κ2) is 6.10. The zero-order chi connectivity index (χ0) is 14.7. The molecule has 0 saturated heterocycles. The van der Waals surface area contributed by atoms with Crippen molar-refractivity contribution in [2.24, 2.45) is 0 Å². The molecule has 0 amide bonds. The Hall–Kier alpha value is -2.14. The molecular formula is C16H21N5. The Labute approximate surface area is 124 Å². The lowest BCUT2D eigenvalue weighted by atomic mass is 10.1. The highest BCUT2D eigenvalue weighted by atomic mass is 15.2. The lowest BCUT2D eigenvalue weighted by molar-refractivity contribution is 0.545. The predicted octanol–water partition coefficient (Wildman–Crippen LogP) is 2.44. The molecule has 1 N–H and O–H groups in total. The molecule has 3 aromatic rings. The van der Waals surface area contributed by atoms with Gasteiger partial charge in [-0.05, 0) is 25.6 Å². The minimum Gasteiger partial charge on any atom is -0.335 e. The number of nitrogens with zero attached hydrogens (tertiary/aromatic N) is 4. The summed E-state index contributed by atoms with van der Waals surface area (Å²) in [6, 6.07) is 6.35. The highest BCUT2D eigenvalue weighted by Gasteiger charge is 2.17. The van der Waals surface area contributed by atoms with Gasteiger partial charge in [-0.25, -0.2) is 9.50 Å². The molecule has 0 saturated carbocycles. The van der Waals surface area contributed by atoms with E-state index in [0.29, 0.717) is 0 Å². The van der Waals surface area contributed by atoms with E-state index < -0.39 is 0 Å². The summed E-state index contributed by atoms with van der Waals surface area (Å²) in [4.78, 5) is 4.51. The van der Waals surface area contributed by atoms with Gasteiger partial charge >= 0.3 is 0 Å². The van der Waals surface area contributed by atoms with Crippen molar-refractivity contribution in [3.05, 3.63) is 54.4 Å². The number of aryl methyl sites for hydroxylation is 1. The fourth-order valence-corrected chi connectivity index (χ4v) is 2.75. The van der Waals surface area contributed by atoms with Crippen molar-refractivity contribution in [2.45, 2.75) is 32.4 Å². The molecule has 0 spiro atoms. The van der Waals surface area contributed by atoms with E-state index in [1.54, 1.807) is 0 Å². The average Bonchev–Trinajstić information content (AvgIpc) is 3.12. The van der Waals surface area contributed by atoms with E-state index in [0.717, 1.165) is 30.7 Å². The Morgan fingerprint density at radius 1 is 1.29 bits per heavy atom. The SMILES string of the molecule is CCCn1ccnc1CC(NC)c1cnn2ccccc12. The van der Waals surface area contributed by atoms with Crippen molar-refractivity contribution in [3.63, 3.8) is 0 Å². The monoisotopic (exact) mass is 283 g/mol. The number of pyridine rings is 1. The zero-order valence-corrected chi connectivity index (χ0v) is 12.5. The molecule has 0 fully saturated rings. The van der Waals surface area contributed by atoms with E-state index in [2.05, 4.69) is 39.2 Å². The molecule has 0 aliphatic carbocycles. The Balaban J connectivity index is 1.90. The summed E-state index contributed by atoms with van der Waals surface area (Å²) in [5.74, 6) is 1.12. The number of nitrogens with one attached hydrogen (secondary N) is 1. The molecule has 0 bridgehead atoms. The van der Waals surface area contributed by atoms with Crippen LogP contribution in [-0.2, 0) is 13.0 Å². The average molecular weight is 283 g/mol. The van der Waals surface area contributed by atoms with Gasteiger partial charge in [0.15, 0.2) is 0 Å². The number of fused-ring (bicyclic) bond motifs is 1. The molecular weight excluding hydrogens is 262 g/mol. The van der Waals surface area contributed by atoms with E-state index in [1.807, 2.05) is 42.3 Å². The summed E-state index contributed by atoms with van der Waals surface area (Å²) in [6.07, 6.45) is 9.84. The minimum absolute atomic E-state index is 0.211. The molecule has 3 heterocycles. The summed E-state index contributed by atoms with van der Waals surface area (Å²) in [7, 11) is 1.99. The normalized spacial score (nSPS) is 12.9. The van der Waals surface area contributed by atoms with Crippen LogP contribution in [0, 0.1) is 0 Å². The van der Waals surface area contributed by atoms with Crippen molar-refractivity contribution < 1.29 is 0 Å². The van der Waals surface area contributed by atoms with Crippen LogP contribution < -0.4 is 5.32 Å². The molecule has 110 valence electrons. The summed E-state index contributed by atoms with van der Waals surface area (Å²) >= 11 is 0. The highest BCUT2D eigenvalue weighted by molar-refractivity contribution is 5.55. The van der Waals surface area contributed by atoms with Crippen LogP contribution in [0.5, 0.6) is 0 Å². The van der Waals surface area contributed by atoms with Gasteiger partial charge in [0.25, 0.3) is 0 Å². The largest absolute Gasteiger partial charge is 0.335 e. The molecule has 0 radical (unpaired) electrons. The van der Waals surface area contributed by atoms with Crippen molar-refractivity contribution in [1.82, 2.24) is 24.5 Å². The first-order chi connectivity index (χ1) is 10.3. The molecule has 1 atom stereocenters. The van der Waals surface area contributed by atoms with Crippen LogP contribution in [0.2, 0.25) is 0 Å². The summed E-state index contributed by atoms with van der Waals surface area (Å²) < 4.78 is 4.15. The van der Waals surface area contributed by atoms with Gasteiger partial charge < -0.3 is 9.88 Å². The molecule has 21 heavy (non-hydrogen) atoms. The van der Waals surface area contributed by atoms with Crippen LogP contribution in [0.4, 0.5) is 0 Å². The second-order valence-electron chi connectivity index (χ2n) is 5.21. The van der Waals surface area contributed by atoms with E-state index in [4.69, 9.17) is 0 Å². The van der Waals surface area contributed by atoms with Crippen LogP contribution in [-0.4, -0.2) is 26.2 Å². The Bertz CT molecular complexity index is 712. The predicted molar refractivity (Wildman–Crippen MR) is 83.2 cm³/mol. The lowest BCUT2D eigenvalue weighted by Crippen LogP contribution is -2.20. The number of likely N-dealkylation sites (N-methyl/N-ethyl adjacent to an activating group) is 1. The van der Waals surface area contributed by atoms with Crippen LogP contribution in [0.3, 0.4) is 0 Å². The van der Waals surface area contributed by atoms with Gasteiger partial charge in [-0.2, -0.15) is 5.10 Å². The summed E-state index contributed by atoms with van der Waals surface area (Å²) in [5.41, 5.74) is 2.36. The molecule has 3 aromatic heterocycles. The summed E-state index contributed by atoms with van der Waals surface area (Å²) in [6.45, 7) is 3.20. The molecule has 3 rings (SSSR count). The Kier molecular flexibility index (Phi) is 4.01. The third kappa shape index (κ3) is 2.69. The third-order valence-corrected chi connectivity index (χ3v) is 3.83. The Morgan fingerprint density at radius 3 is 3.00 bits per heavy atom. The number of imidazole rings is 1. The topological polar surface area (TPSA) is 47.2 Å². The van der Waals surface area contributed by atoms with Crippen LogP contribution in [0.25, 0.3) is 5.52 Å². The van der Waals surface area contributed by atoms with E-state index in [1.165, 1.54) is 5.56 Å². The van der Waals surface area contributed by atoms with Crippen molar-refractivity contribution in [2.75, 3.05) is 7.05 Å². The summed E-state index contributed by atoms with van der Waals surface area (Å²) in [5, 5.41) is 7.82. The molecule has 0 aliphatic rings. The van der Waals surface area contributed by atoms with Gasteiger partial charge in [0.1, 0.15) is 5.82 Å². The van der Waals surface area contributed by atoms with Crippen molar-refractivity contribution in [3.8, 4) is 0 Å². The number of rotatable bonds is 6. The van der Waals surface area contributed by atoms with Crippen LogP contribution in [0.1, 0.15) is 30.8 Å². The quantitative estimate of drug-likeness (QED) is 0.756. The lowest BCUT2D eigenvalue weighted by Gasteiger charge is -2.16. The number of aromatic nitrogens is 4. The molecule has 5 heteroatoms. The zero-order valence-electron chi connectivity index (χ0n) is 12.5. The molecule has 0 aromatic carbocycles. The van der Waals surface area contributed by atoms with Gasteiger partial charge in [-0.3, -0.25) is 0 Å². The minimum atomic E-state index is 0.211. The van der Waals surface area contributed by atoms with Gasteiger partial charge in [0.2, 0.25) is 0 Å².